The SMILES string of the molecule is COc1cc(N)cc(C(=O)NC(C)CC(C)C)c1. The molecule has 1 aromatic carbocycles. The summed E-state index contributed by atoms with van der Waals surface area (Å²) >= 11 is 0. The van der Waals surface area contributed by atoms with Gasteiger partial charge in [0.1, 0.15) is 5.75 Å². The van der Waals surface area contributed by atoms with Crippen LogP contribution in [0.5, 0.6) is 5.75 Å². The number of ether oxygens (including phenoxy) is 1. The van der Waals surface area contributed by atoms with E-state index in [1.54, 1.807) is 25.3 Å². The normalized spacial score (nSPS) is 12.3. The van der Waals surface area contributed by atoms with Gasteiger partial charge in [0.2, 0.25) is 0 Å². The monoisotopic (exact) mass is 250 g/mol. The molecule has 0 spiro atoms. The van der Waals surface area contributed by atoms with Crippen LogP contribution >= 0.6 is 0 Å². The molecule has 0 heterocycles. The number of hydrogen-bond donors (Lipinski definition) is 2. The molecule has 0 fully saturated rings. The van der Waals surface area contributed by atoms with E-state index in [2.05, 4.69) is 19.2 Å². The van der Waals surface area contributed by atoms with E-state index < -0.39 is 0 Å². The lowest BCUT2D eigenvalue weighted by Gasteiger charge is -2.16. The first-order chi connectivity index (χ1) is 8.42. The summed E-state index contributed by atoms with van der Waals surface area (Å²) in [4.78, 5) is 12.0. The van der Waals surface area contributed by atoms with Crippen LogP contribution in [0.3, 0.4) is 0 Å². The topological polar surface area (TPSA) is 64.3 Å². The molecule has 4 heteroatoms. The van der Waals surface area contributed by atoms with Crippen molar-refractivity contribution in [2.24, 2.45) is 5.92 Å². The van der Waals surface area contributed by atoms with Gasteiger partial charge in [-0.2, -0.15) is 0 Å². The number of carbonyl (C=O) groups excluding carboxylic acids is 1. The molecular formula is C14H22N2O2. The number of methoxy groups -OCH3 is 1. The van der Waals surface area contributed by atoms with Gasteiger partial charge in [0.25, 0.3) is 5.91 Å². The van der Waals surface area contributed by atoms with Crippen LogP contribution in [0.25, 0.3) is 0 Å². The van der Waals surface area contributed by atoms with E-state index in [-0.39, 0.29) is 11.9 Å². The van der Waals surface area contributed by atoms with E-state index in [1.807, 2.05) is 6.92 Å². The standard InChI is InChI=1S/C14H22N2O2/c1-9(2)5-10(3)16-14(17)11-6-12(15)8-13(7-11)18-4/h6-10H,5,15H2,1-4H3,(H,16,17). The maximum Gasteiger partial charge on any atom is 0.251 e. The molecule has 4 nitrogen and oxygen atoms in total. The van der Waals surface area contributed by atoms with Gasteiger partial charge in [-0.05, 0) is 31.4 Å². The molecule has 1 unspecified atom stereocenters. The van der Waals surface area contributed by atoms with Crippen LogP contribution in [0.4, 0.5) is 5.69 Å². The zero-order valence-corrected chi connectivity index (χ0v) is 11.5. The highest BCUT2D eigenvalue weighted by atomic mass is 16.5. The summed E-state index contributed by atoms with van der Waals surface area (Å²) in [5.74, 6) is 1.03. The first-order valence-electron chi connectivity index (χ1n) is 6.17. The molecule has 1 rings (SSSR count). The van der Waals surface area contributed by atoms with Crippen molar-refractivity contribution in [1.82, 2.24) is 5.32 Å². The average Bonchev–Trinajstić information content (AvgIpc) is 2.26. The zero-order chi connectivity index (χ0) is 13.7. The van der Waals surface area contributed by atoms with Crippen molar-refractivity contribution >= 4 is 11.6 Å². The van der Waals surface area contributed by atoms with Gasteiger partial charge in [-0.3, -0.25) is 4.79 Å². The Balaban J connectivity index is 2.74. The number of carbonyl (C=O) groups is 1. The summed E-state index contributed by atoms with van der Waals surface area (Å²) in [6.07, 6.45) is 0.950. The number of nitrogen functional groups attached to an aromatic ring is 1. The van der Waals surface area contributed by atoms with E-state index >= 15 is 0 Å². The van der Waals surface area contributed by atoms with Gasteiger partial charge >= 0.3 is 0 Å². The lowest BCUT2D eigenvalue weighted by Crippen LogP contribution is -2.33. The average molecular weight is 250 g/mol. The van der Waals surface area contributed by atoms with Crippen LogP contribution in [0.1, 0.15) is 37.6 Å². The van der Waals surface area contributed by atoms with E-state index in [4.69, 9.17) is 10.5 Å². The summed E-state index contributed by atoms with van der Waals surface area (Å²) in [6, 6.07) is 5.17. The Morgan fingerprint density at radius 1 is 1.33 bits per heavy atom. The Bertz CT molecular complexity index is 416. The molecular weight excluding hydrogens is 228 g/mol. The molecule has 0 aliphatic carbocycles. The van der Waals surface area contributed by atoms with Gasteiger partial charge in [0.15, 0.2) is 0 Å². The third kappa shape index (κ3) is 4.28. The van der Waals surface area contributed by atoms with Gasteiger partial charge in [-0.15, -0.1) is 0 Å². The van der Waals surface area contributed by atoms with Crippen LogP contribution in [-0.4, -0.2) is 19.1 Å². The number of amides is 1. The molecule has 1 aromatic rings. The van der Waals surface area contributed by atoms with Crippen LogP contribution in [0.2, 0.25) is 0 Å². The molecule has 0 saturated carbocycles. The summed E-state index contributed by atoms with van der Waals surface area (Å²) in [5.41, 5.74) is 6.78. The zero-order valence-electron chi connectivity index (χ0n) is 11.5. The number of rotatable bonds is 5. The van der Waals surface area contributed by atoms with Gasteiger partial charge in [-0.25, -0.2) is 0 Å². The molecule has 18 heavy (non-hydrogen) atoms. The van der Waals surface area contributed by atoms with Crippen molar-refractivity contribution in [3.63, 3.8) is 0 Å². The first-order valence-corrected chi connectivity index (χ1v) is 6.17. The van der Waals surface area contributed by atoms with Crippen LogP contribution in [0, 0.1) is 5.92 Å². The summed E-state index contributed by atoms with van der Waals surface area (Å²) in [7, 11) is 1.55. The fraction of sp³-hybridized carbons (Fsp3) is 0.500. The van der Waals surface area contributed by atoms with E-state index in [0.717, 1.165) is 6.42 Å². The van der Waals surface area contributed by atoms with E-state index in [0.29, 0.717) is 22.9 Å². The van der Waals surface area contributed by atoms with Crippen molar-refractivity contribution < 1.29 is 9.53 Å². The fourth-order valence-corrected chi connectivity index (χ4v) is 1.94. The maximum atomic E-state index is 12.0. The van der Waals surface area contributed by atoms with Crippen LogP contribution in [-0.2, 0) is 0 Å². The number of hydrogen-bond acceptors (Lipinski definition) is 3. The molecule has 0 bridgehead atoms. The summed E-state index contributed by atoms with van der Waals surface area (Å²) < 4.78 is 5.10. The maximum absolute atomic E-state index is 12.0. The highest BCUT2D eigenvalue weighted by Gasteiger charge is 2.12. The number of nitrogens with one attached hydrogen (secondary N) is 1. The quantitative estimate of drug-likeness (QED) is 0.789. The minimum atomic E-state index is -0.117. The lowest BCUT2D eigenvalue weighted by atomic mass is 10.0. The summed E-state index contributed by atoms with van der Waals surface area (Å²) in [5, 5.41) is 2.96. The van der Waals surface area contributed by atoms with Gasteiger partial charge in [0.05, 0.1) is 7.11 Å². The summed E-state index contributed by atoms with van der Waals surface area (Å²) in [6.45, 7) is 6.26. The Kier molecular flexibility index (Phi) is 5.01. The second-order valence-corrected chi connectivity index (χ2v) is 5.00. The third-order valence-corrected chi connectivity index (χ3v) is 2.63. The Labute approximate surface area is 109 Å². The molecule has 0 radical (unpaired) electrons. The second kappa shape index (κ2) is 6.28. The van der Waals surface area contributed by atoms with Gasteiger partial charge < -0.3 is 15.8 Å². The van der Waals surface area contributed by atoms with E-state index in [9.17, 15) is 4.79 Å². The van der Waals surface area contributed by atoms with Crippen molar-refractivity contribution in [2.45, 2.75) is 33.2 Å². The minimum Gasteiger partial charge on any atom is -0.497 e. The van der Waals surface area contributed by atoms with Crippen molar-refractivity contribution in [1.29, 1.82) is 0 Å². The molecule has 100 valence electrons. The first kappa shape index (κ1) is 14.4. The fourth-order valence-electron chi connectivity index (χ4n) is 1.94. The molecule has 3 N–H and O–H groups in total. The third-order valence-electron chi connectivity index (χ3n) is 2.63. The van der Waals surface area contributed by atoms with Crippen LogP contribution in [0.15, 0.2) is 18.2 Å². The molecule has 0 aliphatic rings. The number of benzene rings is 1. The van der Waals surface area contributed by atoms with Gasteiger partial charge in [-0.1, -0.05) is 13.8 Å². The number of anilines is 1. The lowest BCUT2D eigenvalue weighted by molar-refractivity contribution is 0.0936. The Morgan fingerprint density at radius 2 is 2.00 bits per heavy atom. The Hall–Kier alpha value is -1.71. The highest BCUT2D eigenvalue weighted by molar-refractivity contribution is 5.95. The molecule has 0 aliphatic heterocycles. The molecule has 0 aromatic heterocycles. The smallest absolute Gasteiger partial charge is 0.251 e. The predicted octanol–water partition coefficient (Wildman–Crippen LogP) is 2.44. The Morgan fingerprint density at radius 3 is 2.56 bits per heavy atom. The van der Waals surface area contributed by atoms with Crippen molar-refractivity contribution in [2.75, 3.05) is 12.8 Å². The van der Waals surface area contributed by atoms with Crippen molar-refractivity contribution in [3.05, 3.63) is 23.8 Å². The number of nitrogens with two attached hydrogens (primary N) is 1. The molecule has 0 saturated heterocycles. The molecule has 1 amide bonds. The van der Waals surface area contributed by atoms with Crippen LogP contribution < -0.4 is 15.8 Å². The van der Waals surface area contributed by atoms with Crippen molar-refractivity contribution in [3.8, 4) is 5.75 Å². The predicted molar refractivity (Wildman–Crippen MR) is 73.8 cm³/mol. The largest absolute Gasteiger partial charge is 0.497 e. The van der Waals surface area contributed by atoms with E-state index in [1.165, 1.54) is 0 Å². The highest BCUT2D eigenvalue weighted by Crippen LogP contribution is 2.18. The molecule has 1 atom stereocenters. The second-order valence-electron chi connectivity index (χ2n) is 5.00. The van der Waals surface area contributed by atoms with Gasteiger partial charge in [0, 0.05) is 23.4 Å². The minimum absolute atomic E-state index is 0.117.